The summed E-state index contributed by atoms with van der Waals surface area (Å²) in [6.45, 7) is 4.48. The van der Waals surface area contributed by atoms with Crippen molar-refractivity contribution < 1.29 is 9.18 Å². The van der Waals surface area contributed by atoms with Gasteiger partial charge in [0.25, 0.3) is 0 Å². The van der Waals surface area contributed by atoms with E-state index >= 15 is 0 Å². The minimum atomic E-state index is -0.373. The molecule has 0 aliphatic heterocycles. The smallest absolute Gasteiger partial charge is 0.234 e. The molecule has 1 N–H and O–H groups in total. The first-order valence-electron chi connectivity index (χ1n) is 9.80. The van der Waals surface area contributed by atoms with E-state index < -0.39 is 0 Å². The van der Waals surface area contributed by atoms with Gasteiger partial charge in [-0.15, -0.1) is 0 Å². The van der Waals surface area contributed by atoms with Gasteiger partial charge in [-0.25, -0.2) is 9.37 Å². The first-order chi connectivity index (χ1) is 14.9. The van der Waals surface area contributed by atoms with Gasteiger partial charge in [0.15, 0.2) is 5.16 Å². The maximum Gasteiger partial charge on any atom is 0.234 e. The van der Waals surface area contributed by atoms with Crippen LogP contribution in [-0.4, -0.2) is 21.2 Å². The fraction of sp³-hybridized carbons (Fsp3) is 0.167. The van der Waals surface area contributed by atoms with E-state index in [2.05, 4.69) is 10.3 Å². The highest BCUT2D eigenvalue weighted by Crippen LogP contribution is 2.27. The summed E-state index contributed by atoms with van der Waals surface area (Å²) >= 11 is 7.61. The number of thioether (sulfide) groups is 1. The van der Waals surface area contributed by atoms with Crippen molar-refractivity contribution in [1.29, 1.82) is 0 Å². The van der Waals surface area contributed by atoms with Gasteiger partial charge >= 0.3 is 0 Å². The van der Waals surface area contributed by atoms with Gasteiger partial charge in [0.1, 0.15) is 5.82 Å². The zero-order valence-electron chi connectivity index (χ0n) is 17.2. The Morgan fingerprint density at radius 3 is 2.68 bits per heavy atom. The van der Waals surface area contributed by atoms with E-state index in [0.717, 1.165) is 27.8 Å². The highest BCUT2D eigenvalue weighted by molar-refractivity contribution is 7.99. The highest BCUT2D eigenvalue weighted by Gasteiger charge is 2.15. The summed E-state index contributed by atoms with van der Waals surface area (Å²) in [6, 6.07) is 18.0. The van der Waals surface area contributed by atoms with Crippen molar-refractivity contribution in [3.05, 3.63) is 88.2 Å². The predicted octanol–water partition coefficient (Wildman–Crippen LogP) is 6.22. The highest BCUT2D eigenvalue weighted by atomic mass is 35.5. The van der Waals surface area contributed by atoms with E-state index in [0.29, 0.717) is 16.7 Å². The van der Waals surface area contributed by atoms with E-state index in [1.54, 1.807) is 6.07 Å². The summed E-state index contributed by atoms with van der Waals surface area (Å²) in [5.41, 5.74) is 5.63. The van der Waals surface area contributed by atoms with Crippen molar-refractivity contribution in [3.8, 4) is 0 Å². The fourth-order valence-corrected chi connectivity index (χ4v) is 4.32. The molecule has 1 aromatic heterocycles. The molecule has 4 aromatic rings. The van der Waals surface area contributed by atoms with Gasteiger partial charge in [-0.1, -0.05) is 47.6 Å². The maximum absolute atomic E-state index is 13.4. The maximum atomic E-state index is 13.4. The Balaban J connectivity index is 1.55. The Hall–Kier alpha value is -2.83. The molecule has 0 spiro atoms. The number of nitrogens with zero attached hydrogens (tertiary/aromatic N) is 2. The van der Waals surface area contributed by atoms with Crippen LogP contribution in [0.3, 0.4) is 0 Å². The van der Waals surface area contributed by atoms with Crippen molar-refractivity contribution in [2.75, 3.05) is 11.1 Å². The summed E-state index contributed by atoms with van der Waals surface area (Å²) in [5, 5.41) is 4.01. The number of imidazole rings is 1. The van der Waals surface area contributed by atoms with Gasteiger partial charge in [-0.05, 0) is 66.9 Å². The molecular formula is C24H21ClFN3OS. The van der Waals surface area contributed by atoms with Crippen LogP contribution < -0.4 is 5.32 Å². The Kier molecular flexibility index (Phi) is 6.30. The Morgan fingerprint density at radius 1 is 1.10 bits per heavy atom. The molecular weight excluding hydrogens is 433 g/mol. The summed E-state index contributed by atoms with van der Waals surface area (Å²) in [6.07, 6.45) is 0. The van der Waals surface area contributed by atoms with Crippen LogP contribution in [0.15, 0.2) is 65.8 Å². The molecule has 1 heterocycles. The second-order valence-electron chi connectivity index (χ2n) is 7.34. The number of amides is 1. The molecule has 0 unspecified atom stereocenters. The number of rotatable bonds is 6. The van der Waals surface area contributed by atoms with Crippen LogP contribution in [0.2, 0.25) is 5.02 Å². The number of hydrogen-bond acceptors (Lipinski definition) is 3. The molecule has 0 bridgehead atoms. The molecule has 4 nitrogen and oxygen atoms in total. The van der Waals surface area contributed by atoms with Crippen LogP contribution in [0.4, 0.5) is 10.1 Å². The third-order valence-electron chi connectivity index (χ3n) is 5.09. The van der Waals surface area contributed by atoms with E-state index in [1.807, 2.05) is 60.9 Å². The molecule has 0 saturated heterocycles. The second kappa shape index (κ2) is 9.12. The third-order valence-corrected chi connectivity index (χ3v) is 6.41. The zero-order valence-corrected chi connectivity index (χ0v) is 18.7. The minimum absolute atomic E-state index is 0.105. The van der Waals surface area contributed by atoms with Crippen LogP contribution in [0.1, 0.15) is 16.7 Å². The van der Waals surface area contributed by atoms with Crippen molar-refractivity contribution in [3.63, 3.8) is 0 Å². The molecule has 7 heteroatoms. The first-order valence-corrected chi connectivity index (χ1v) is 11.2. The summed E-state index contributed by atoms with van der Waals surface area (Å²) in [7, 11) is 0. The number of anilines is 1. The molecule has 0 saturated carbocycles. The Bertz CT molecular complexity index is 1270. The van der Waals surface area contributed by atoms with Crippen LogP contribution in [-0.2, 0) is 11.3 Å². The average molecular weight is 454 g/mol. The topological polar surface area (TPSA) is 46.9 Å². The number of para-hydroxylation sites is 2. The summed E-state index contributed by atoms with van der Waals surface area (Å²) in [4.78, 5) is 17.2. The van der Waals surface area contributed by atoms with Crippen LogP contribution >= 0.6 is 23.4 Å². The van der Waals surface area contributed by atoms with Crippen molar-refractivity contribution in [2.24, 2.45) is 0 Å². The van der Waals surface area contributed by atoms with Gasteiger partial charge in [0, 0.05) is 10.7 Å². The number of aryl methyl sites for hydroxylation is 2. The van der Waals surface area contributed by atoms with Crippen LogP contribution in [0.25, 0.3) is 11.0 Å². The molecule has 0 atom stereocenters. The van der Waals surface area contributed by atoms with E-state index in [4.69, 9.17) is 11.6 Å². The van der Waals surface area contributed by atoms with Gasteiger partial charge < -0.3 is 9.88 Å². The fourth-order valence-electron chi connectivity index (χ4n) is 3.28. The van der Waals surface area contributed by atoms with Crippen LogP contribution in [0, 0.1) is 19.7 Å². The molecule has 31 heavy (non-hydrogen) atoms. The summed E-state index contributed by atoms with van der Waals surface area (Å²) in [5.74, 6) is -0.263. The second-order valence-corrected chi connectivity index (χ2v) is 8.69. The number of aromatic nitrogens is 2. The van der Waals surface area contributed by atoms with E-state index in [-0.39, 0.29) is 17.5 Å². The quantitative estimate of drug-likeness (QED) is 0.352. The van der Waals surface area contributed by atoms with Gasteiger partial charge in [-0.3, -0.25) is 4.79 Å². The zero-order chi connectivity index (χ0) is 22.0. The average Bonchev–Trinajstić information content (AvgIpc) is 3.09. The molecule has 0 radical (unpaired) electrons. The summed E-state index contributed by atoms with van der Waals surface area (Å²) < 4.78 is 15.4. The van der Waals surface area contributed by atoms with E-state index in [9.17, 15) is 9.18 Å². The number of hydrogen-bond donors (Lipinski definition) is 1. The number of fused-ring (bicyclic) bond motifs is 1. The number of carbonyl (C=O) groups excluding carboxylic acids is 1. The molecule has 0 fully saturated rings. The monoisotopic (exact) mass is 453 g/mol. The standard InChI is InChI=1S/C24H21ClFN3OS/c1-15-7-10-19(11-16(15)2)27-23(30)14-31-24-28-21-5-3-4-6-22(21)29(24)13-17-8-9-18(26)12-20(17)25/h3-12H,13-14H2,1-2H3,(H,27,30). The van der Waals surface area contributed by atoms with Crippen molar-refractivity contribution >= 4 is 46.0 Å². The molecule has 0 aliphatic rings. The number of nitrogens with one attached hydrogen (secondary N) is 1. The number of carbonyl (C=O) groups is 1. The molecule has 3 aromatic carbocycles. The largest absolute Gasteiger partial charge is 0.325 e. The lowest BCUT2D eigenvalue weighted by Gasteiger charge is -2.11. The van der Waals surface area contributed by atoms with Gasteiger partial charge in [0.05, 0.1) is 23.3 Å². The van der Waals surface area contributed by atoms with Gasteiger partial charge in [-0.2, -0.15) is 0 Å². The lowest BCUT2D eigenvalue weighted by Crippen LogP contribution is -2.15. The van der Waals surface area contributed by atoms with Crippen molar-refractivity contribution in [1.82, 2.24) is 9.55 Å². The molecule has 0 aliphatic carbocycles. The SMILES string of the molecule is Cc1ccc(NC(=O)CSc2nc3ccccc3n2Cc2ccc(F)cc2Cl)cc1C. The van der Waals surface area contributed by atoms with Gasteiger partial charge in [0.2, 0.25) is 5.91 Å². The third kappa shape index (κ3) is 4.92. The molecule has 4 rings (SSSR count). The lowest BCUT2D eigenvalue weighted by atomic mass is 10.1. The first kappa shape index (κ1) is 21.4. The molecule has 1 amide bonds. The predicted molar refractivity (Wildman–Crippen MR) is 126 cm³/mol. The van der Waals surface area contributed by atoms with Crippen LogP contribution in [0.5, 0.6) is 0 Å². The van der Waals surface area contributed by atoms with Crippen molar-refractivity contribution in [2.45, 2.75) is 25.5 Å². The normalized spacial score (nSPS) is 11.1. The number of halogens is 2. The van der Waals surface area contributed by atoms with E-state index in [1.165, 1.54) is 29.5 Å². The lowest BCUT2D eigenvalue weighted by molar-refractivity contribution is -0.113. The Labute approximate surface area is 189 Å². The minimum Gasteiger partial charge on any atom is -0.325 e. The number of benzene rings is 3. The molecule has 158 valence electrons. The Morgan fingerprint density at radius 2 is 1.90 bits per heavy atom.